The van der Waals surface area contributed by atoms with E-state index in [9.17, 15) is 18.0 Å². The zero-order valence-corrected chi connectivity index (χ0v) is 28.7. The molecule has 0 bridgehead atoms. The van der Waals surface area contributed by atoms with Gasteiger partial charge in [-0.1, -0.05) is 102 Å². The molecule has 46 heavy (non-hydrogen) atoms. The van der Waals surface area contributed by atoms with Crippen LogP contribution in [0.4, 0.5) is 5.69 Å². The average molecular weight is 681 g/mol. The van der Waals surface area contributed by atoms with Gasteiger partial charge in [0.1, 0.15) is 12.6 Å². The first kappa shape index (κ1) is 35.0. The van der Waals surface area contributed by atoms with Crippen LogP contribution in [0.25, 0.3) is 0 Å². The Morgan fingerprint density at radius 1 is 0.848 bits per heavy atom. The van der Waals surface area contributed by atoms with E-state index in [2.05, 4.69) is 5.32 Å². The number of carbonyl (C=O) groups is 2. The first-order valence-electron chi connectivity index (χ1n) is 15.1. The number of anilines is 1. The fourth-order valence-corrected chi connectivity index (χ4v) is 6.79. The second-order valence-corrected chi connectivity index (χ2v) is 14.1. The van der Waals surface area contributed by atoms with Crippen LogP contribution in [0, 0.1) is 13.8 Å². The standard InChI is InChI=1S/C36H39Cl2N3O4S/c1-5-27(4)39-36(43)34(21-28-9-7-6-8-10-28)40(23-29-15-16-30(37)22-33(29)38)35(42)24-41(31-17-11-25(2)12-18-31)46(44,45)32-19-13-26(3)14-20-32/h6-20,22,27,34H,5,21,23-24H2,1-4H3,(H,39,43)/t27-,34+/m0/s1. The van der Waals surface area contributed by atoms with Gasteiger partial charge < -0.3 is 10.2 Å². The van der Waals surface area contributed by atoms with Gasteiger partial charge in [-0.2, -0.15) is 0 Å². The molecular weight excluding hydrogens is 641 g/mol. The summed E-state index contributed by atoms with van der Waals surface area (Å²) in [7, 11) is -4.18. The maximum absolute atomic E-state index is 14.6. The highest BCUT2D eigenvalue weighted by atomic mass is 35.5. The van der Waals surface area contributed by atoms with Crippen LogP contribution in [0.2, 0.25) is 10.0 Å². The Bertz CT molecular complexity index is 1750. The van der Waals surface area contributed by atoms with Gasteiger partial charge in [-0.3, -0.25) is 13.9 Å². The third kappa shape index (κ3) is 8.90. The number of hydrogen-bond acceptors (Lipinski definition) is 4. The largest absolute Gasteiger partial charge is 0.352 e. The van der Waals surface area contributed by atoms with Gasteiger partial charge in [0.15, 0.2) is 0 Å². The van der Waals surface area contributed by atoms with Gasteiger partial charge in [-0.25, -0.2) is 8.42 Å². The molecule has 242 valence electrons. The van der Waals surface area contributed by atoms with Crippen LogP contribution in [0.15, 0.2) is 102 Å². The second kappa shape index (κ2) is 15.6. The van der Waals surface area contributed by atoms with Crippen molar-refractivity contribution < 1.29 is 18.0 Å². The van der Waals surface area contributed by atoms with Crippen molar-refractivity contribution in [2.24, 2.45) is 0 Å². The number of halogens is 2. The average Bonchev–Trinajstić information content (AvgIpc) is 3.03. The van der Waals surface area contributed by atoms with Gasteiger partial charge in [0.2, 0.25) is 11.8 Å². The molecular formula is C36H39Cl2N3O4S. The van der Waals surface area contributed by atoms with E-state index in [4.69, 9.17) is 23.2 Å². The lowest BCUT2D eigenvalue weighted by Gasteiger charge is -2.34. The van der Waals surface area contributed by atoms with Crippen LogP contribution in [0.5, 0.6) is 0 Å². The molecule has 7 nitrogen and oxygen atoms in total. The minimum absolute atomic E-state index is 0.0490. The van der Waals surface area contributed by atoms with Crippen molar-refractivity contribution in [2.45, 2.75) is 64.1 Å². The molecule has 0 aliphatic rings. The Morgan fingerprint density at radius 2 is 1.46 bits per heavy atom. The minimum atomic E-state index is -4.18. The third-order valence-electron chi connectivity index (χ3n) is 7.84. The van der Waals surface area contributed by atoms with Gasteiger partial charge in [-0.05, 0) is 74.7 Å². The van der Waals surface area contributed by atoms with Gasteiger partial charge in [0.25, 0.3) is 10.0 Å². The predicted octanol–water partition coefficient (Wildman–Crippen LogP) is 7.36. The van der Waals surface area contributed by atoms with E-state index in [-0.39, 0.29) is 29.8 Å². The molecule has 2 atom stereocenters. The number of sulfonamides is 1. The molecule has 0 unspecified atom stereocenters. The number of nitrogens with one attached hydrogen (secondary N) is 1. The summed E-state index contributed by atoms with van der Waals surface area (Å²) in [5.74, 6) is -0.914. The molecule has 2 amide bonds. The Balaban J connectivity index is 1.82. The predicted molar refractivity (Wildman–Crippen MR) is 186 cm³/mol. The Kier molecular flexibility index (Phi) is 11.9. The van der Waals surface area contributed by atoms with E-state index in [0.717, 1.165) is 21.0 Å². The van der Waals surface area contributed by atoms with Gasteiger partial charge in [0, 0.05) is 29.1 Å². The summed E-state index contributed by atoms with van der Waals surface area (Å²) in [6.45, 7) is 7.03. The Hall–Kier alpha value is -3.85. The molecule has 10 heteroatoms. The number of rotatable bonds is 13. The molecule has 0 saturated carbocycles. The number of carbonyl (C=O) groups excluding carboxylic acids is 2. The van der Waals surface area contributed by atoms with E-state index >= 15 is 0 Å². The topological polar surface area (TPSA) is 86.8 Å². The van der Waals surface area contributed by atoms with Crippen molar-refractivity contribution in [3.05, 3.63) is 129 Å². The Labute approximate surface area is 282 Å². The molecule has 0 fully saturated rings. The van der Waals surface area contributed by atoms with Crippen LogP contribution in [-0.4, -0.2) is 43.8 Å². The molecule has 4 rings (SSSR count). The molecule has 1 N–H and O–H groups in total. The van der Waals surface area contributed by atoms with E-state index in [0.29, 0.717) is 27.7 Å². The first-order chi connectivity index (χ1) is 21.9. The molecule has 0 aliphatic heterocycles. The lowest BCUT2D eigenvalue weighted by atomic mass is 10.0. The summed E-state index contributed by atoms with van der Waals surface area (Å²) in [5, 5.41) is 3.78. The summed E-state index contributed by atoms with van der Waals surface area (Å²) in [4.78, 5) is 30.0. The highest BCUT2D eigenvalue weighted by Gasteiger charge is 2.35. The van der Waals surface area contributed by atoms with Crippen LogP contribution in [0.3, 0.4) is 0 Å². The number of benzene rings is 4. The summed E-state index contributed by atoms with van der Waals surface area (Å²) < 4.78 is 29.4. The number of hydrogen-bond donors (Lipinski definition) is 1. The maximum atomic E-state index is 14.6. The lowest BCUT2D eigenvalue weighted by molar-refractivity contribution is -0.140. The molecule has 0 aliphatic carbocycles. The van der Waals surface area contributed by atoms with Crippen molar-refractivity contribution in [2.75, 3.05) is 10.8 Å². The van der Waals surface area contributed by atoms with Gasteiger partial charge in [0.05, 0.1) is 10.6 Å². The minimum Gasteiger partial charge on any atom is -0.352 e. The zero-order valence-electron chi connectivity index (χ0n) is 26.4. The molecule has 0 spiro atoms. The van der Waals surface area contributed by atoms with Crippen LogP contribution in [-0.2, 0) is 32.6 Å². The van der Waals surface area contributed by atoms with Crippen molar-refractivity contribution >= 4 is 50.7 Å². The second-order valence-electron chi connectivity index (χ2n) is 11.4. The highest BCUT2D eigenvalue weighted by Crippen LogP contribution is 2.27. The van der Waals surface area contributed by atoms with Crippen LogP contribution < -0.4 is 9.62 Å². The monoisotopic (exact) mass is 679 g/mol. The summed E-state index contributed by atoms with van der Waals surface area (Å²) in [6.07, 6.45) is 0.895. The van der Waals surface area contributed by atoms with E-state index in [1.165, 1.54) is 17.0 Å². The first-order valence-corrected chi connectivity index (χ1v) is 17.3. The quantitative estimate of drug-likeness (QED) is 0.160. The maximum Gasteiger partial charge on any atom is 0.264 e. The van der Waals surface area contributed by atoms with Crippen molar-refractivity contribution in [1.82, 2.24) is 10.2 Å². The fraction of sp³-hybridized carbons (Fsp3) is 0.278. The Morgan fingerprint density at radius 3 is 2.04 bits per heavy atom. The normalized spacial score (nSPS) is 12.7. The summed E-state index contributed by atoms with van der Waals surface area (Å²) in [6, 6.07) is 26.6. The van der Waals surface area contributed by atoms with Crippen molar-refractivity contribution in [3.63, 3.8) is 0 Å². The van der Waals surface area contributed by atoms with E-state index in [1.807, 2.05) is 58.0 Å². The van der Waals surface area contributed by atoms with Crippen molar-refractivity contribution in [3.8, 4) is 0 Å². The van der Waals surface area contributed by atoms with E-state index in [1.54, 1.807) is 54.6 Å². The van der Waals surface area contributed by atoms with Crippen LogP contribution >= 0.6 is 23.2 Å². The zero-order chi connectivity index (χ0) is 33.4. The van der Waals surface area contributed by atoms with Gasteiger partial charge in [-0.15, -0.1) is 0 Å². The SMILES string of the molecule is CC[C@H](C)NC(=O)[C@@H](Cc1ccccc1)N(Cc1ccc(Cl)cc1Cl)C(=O)CN(c1ccc(C)cc1)S(=O)(=O)c1ccc(C)cc1. The number of aryl methyl sites for hydroxylation is 2. The summed E-state index contributed by atoms with van der Waals surface area (Å²) >= 11 is 12.8. The fourth-order valence-electron chi connectivity index (χ4n) is 4.91. The molecule has 4 aromatic rings. The van der Waals surface area contributed by atoms with E-state index < -0.39 is 28.5 Å². The van der Waals surface area contributed by atoms with Crippen molar-refractivity contribution in [1.29, 1.82) is 0 Å². The highest BCUT2D eigenvalue weighted by molar-refractivity contribution is 7.92. The molecule has 0 radical (unpaired) electrons. The summed E-state index contributed by atoms with van der Waals surface area (Å²) in [5.41, 5.74) is 3.57. The van der Waals surface area contributed by atoms with Gasteiger partial charge >= 0.3 is 0 Å². The molecule has 0 aromatic heterocycles. The lowest BCUT2D eigenvalue weighted by Crippen LogP contribution is -2.54. The molecule has 0 heterocycles. The molecule has 4 aromatic carbocycles. The number of amides is 2. The third-order valence-corrected chi connectivity index (χ3v) is 10.2. The van der Waals surface area contributed by atoms with Crippen LogP contribution in [0.1, 0.15) is 42.5 Å². The molecule has 0 saturated heterocycles. The number of nitrogens with zero attached hydrogens (tertiary/aromatic N) is 2. The smallest absolute Gasteiger partial charge is 0.264 e.